The van der Waals surface area contributed by atoms with Gasteiger partial charge in [-0.25, -0.2) is 0 Å². The molecule has 16 heavy (non-hydrogen) atoms. The molecule has 1 unspecified atom stereocenters. The second-order valence-electron chi connectivity index (χ2n) is 3.92. The lowest BCUT2D eigenvalue weighted by Crippen LogP contribution is -2.08. The van der Waals surface area contributed by atoms with E-state index in [0.29, 0.717) is 0 Å². The van der Waals surface area contributed by atoms with E-state index in [1.807, 2.05) is 44.2 Å². The topological polar surface area (TPSA) is 51.2 Å². The highest BCUT2D eigenvalue weighted by atomic mass is 16.3. The van der Waals surface area contributed by atoms with Crippen LogP contribution in [-0.2, 0) is 0 Å². The molecule has 0 radical (unpaired) electrons. The summed E-state index contributed by atoms with van der Waals surface area (Å²) in [7, 11) is 0. The predicted molar refractivity (Wildman–Crippen MR) is 66.3 cm³/mol. The highest BCUT2D eigenvalue weighted by Crippen LogP contribution is 2.26. The van der Waals surface area contributed by atoms with Gasteiger partial charge in [0, 0.05) is 0 Å². The molecule has 0 fully saturated rings. The lowest BCUT2D eigenvalue weighted by Gasteiger charge is -2.15. The van der Waals surface area contributed by atoms with E-state index < -0.39 is 0 Å². The Bertz CT molecular complexity index is 463. The van der Waals surface area contributed by atoms with Crippen molar-refractivity contribution in [2.75, 3.05) is 11.1 Å². The third-order valence-electron chi connectivity index (χ3n) is 2.67. The van der Waals surface area contributed by atoms with Gasteiger partial charge in [-0.05, 0) is 37.6 Å². The summed E-state index contributed by atoms with van der Waals surface area (Å²) in [5.41, 5.74) is 8.81. The van der Waals surface area contributed by atoms with Crippen molar-refractivity contribution in [1.29, 1.82) is 0 Å². The van der Waals surface area contributed by atoms with Crippen molar-refractivity contribution in [2.24, 2.45) is 0 Å². The molecule has 1 aromatic carbocycles. The van der Waals surface area contributed by atoms with Crippen LogP contribution in [0.25, 0.3) is 0 Å². The second-order valence-corrected chi connectivity index (χ2v) is 3.92. The number of rotatable bonds is 3. The van der Waals surface area contributed by atoms with Gasteiger partial charge in [-0.1, -0.05) is 12.1 Å². The molecule has 1 atom stereocenters. The fourth-order valence-corrected chi connectivity index (χ4v) is 1.65. The number of nitrogens with one attached hydrogen (secondary N) is 1. The van der Waals surface area contributed by atoms with Gasteiger partial charge in [0.25, 0.3) is 0 Å². The SMILES string of the molecule is Cc1cccc(NC(C)c2ccco2)c1N. The van der Waals surface area contributed by atoms with E-state index in [9.17, 15) is 0 Å². The zero-order valence-electron chi connectivity index (χ0n) is 9.53. The molecule has 0 aliphatic rings. The first-order chi connectivity index (χ1) is 7.68. The van der Waals surface area contributed by atoms with Crippen LogP contribution in [0.2, 0.25) is 0 Å². The molecule has 1 heterocycles. The van der Waals surface area contributed by atoms with Crippen molar-refractivity contribution in [3.63, 3.8) is 0 Å². The van der Waals surface area contributed by atoms with Gasteiger partial charge >= 0.3 is 0 Å². The number of furan rings is 1. The van der Waals surface area contributed by atoms with Crippen molar-refractivity contribution in [2.45, 2.75) is 19.9 Å². The van der Waals surface area contributed by atoms with Crippen LogP contribution in [0.3, 0.4) is 0 Å². The van der Waals surface area contributed by atoms with Crippen LogP contribution in [0, 0.1) is 6.92 Å². The summed E-state index contributed by atoms with van der Waals surface area (Å²) in [4.78, 5) is 0. The van der Waals surface area contributed by atoms with Crippen molar-refractivity contribution in [1.82, 2.24) is 0 Å². The van der Waals surface area contributed by atoms with E-state index in [1.54, 1.807) is 6.26 Å². The Morgan fingerprint density at radius 1 is 1.25 bits per heavy atom. The van der Waals surface area contributed by atoms with E-state index in [2.05, 4.69) is 5.32 Å². The van der Waals surface area contributed by atoms with Gasteiger partial charge in [0.1, 0.15) is 5.76 Å². The van der Waals surface area contributed by atoms with Crippen molar-refractivity contribution < 1.29 is 4.42 Å². The Kier molecular flexibility index (Phi) is 2.86. The first kappa shape index (κ1) is 10.6. The average Bonchev–Trinajstić information content (AvgIpc) is 2.78. The molecule has 3 heteroatoms. The van der Waals surface area contributed by atoms with Gasteiger partial charge in [0.15, 0.2) is 0 Å². The molecule has 84 valence electrons. The standard InChI is InChI=1S/C13H16N2O/c1-9-5-3-6-11(13(9)14)15-10(2)12-7-4-8-16-12/h3-8,10,15H,14H2,1-2H3. The van der Waals surface area contributed by atoms with Crippen LogP contribution in [0.5, 0.6) is 0 Å². The molecule has 0 saturated heterocycles. The highest BCUT2D eigenvalue weighted by Gasteiger charge is 2.09. The summed E-state index contributed by atoms with van der Waals surface area (Å²) in [6.07, 6.45) is 1.67. The maximum absolute atomic E-state index is 5.99. The Labute approximate surface area is 95.3 Å². The number of nitrogens with two attached hydrogens (primary N) is 1. The van der Waals surface area contributed by atoms with E-state index in [0.717, 1.165) is 22.7 Å². The third kappa shape index (κ3) is 2.03. The zero-order valence-corrected chi connectivity index (χ0v) is 9.53. The van der Waals surface area contributed by atoms with Crippen molar-refractivity contribution in [3.8, 4) is 0 Å². The quantitative estimate of drug-likeness (QED) is 0.773. The van der Waals surface area contributed by atoms with Crippen molar-refractivity contribution >= 4 is 11.4 Å². The molecule has 0 saturated carbocycles. The molecule has 2 aromatic rings. The Hall–Kier alpha value is -1.90. The minimum absolute atomic E-state index is 0.110. The molecule has 2 rings (SSSR count). The normalized spacial score (nSPS) is 12.4. The largest absolute Gasteiger partial charge is 0.467 e. The van der Waals surface area contributed by atoms with Crippen LogP contribution in [0.1, 0.15) is 24.3 Å². The minimum Gasteiger partial charge on any atom is -0.467 e. The molecule has 0 aliphatic carbocycles. The molecule has 1 aromatic heterocycles. The molecule has 0 aliphatic heterocycles. The number of nitrogen functional groups attached to an aromatic ring is 1. The van der Waals surface area contributed by atoms with Gasteiger partial charge in [-0.15, -0.1) is 0 Å². The van der Waals surface area contributed by atoms with Gasteiger partial charge < -0.3 is 15.5 Å². The summed E-state index contributed by atoms with van der Waals surface area (Å²) in [5, 5.41) is 3.33. The lowest BCUT2D eigenvalue weighted by atomic mass is 10.1. The van der Waals surface area contributed by atoms with Crippen LogP contribution in [0.15, 0.2) is 41.0 Å². The van der Waals surface area contributed by atoms with Crippen molar-refractivity contribution in [3.05, 3.63) is 47.9 Å². The molecule has 0 spiro atoms. The maximum Gasteiger partial charge on any atom is 0.125 e. The Morgan fingerprint density at radius 3 is 2.75 bits per heavy atom. The summed E-state index contributed by atoms with van der Waals surface area (Å²) >= 11 is 0. The molecular formula is C13H16N2O. The molecule has 3 nitrogen and oxygen atoms in total. The summed E-state index contributed by atoms with van der Waals surface area (Å²) in [6.45, 7) is 4.04. The monoisotopic (exact) mass is 216 g/mol. The smallest absolute Gasteiger partial charge is 0.125 e. The zero-order chi connectivity index (χ0) is 11.5. The lowest BCUT2D eigenvalue weighted by molar-refractivity contribution is 0.490. The van der Waals surface area contributed by atoms with Gasteiger partial charge in [-0.2, -0.15) is 0 Å². The number of benzene rings is 1. The first-order valence-corrected chi connectivity index (χ1v) is 5.33. The third-order valence-corrected chi connectivity index (χ3v) is 2.67. The van der Waals surface area contributed by atoms with E-state index in [4.69, 9.17) is 10.2 Å². The fourth-order valence-electron chi connectivity index (χ4n) is 1.65. The van der Waals surface area contributed by atoms with Gasteiger partial charge in [0.2, 0.25) is 0 Å². The number of hydrogen-bond acceptors (Lipinski definition) is 3. The number of para-hydroxylation sites is 1. The molecular weight excluding hydrogens is 200 g/mol. The van der Waals surface area contributed by atoms with Crippen LogP contribution in [0.4, 0.5) is 11.4 Å². The van der Waals surface area contributed by atoms with Crippen LogP contribution < -0.4 is 11.1 Å². The Morgan fingerprint density at radius 2 is 2.06 bits per heavy atom. The highest BCUT2D eigenvalue weighted by molar-refractivity contribution is 5.69. The Balaban J connectivity index is 2.18. The molecule has 3 N–H and O–H groups in total. The minimum atomic E-state index is 0.110. The first-order valence-electron chi connectivity index (χ1n) is 5.33. The summed E-state index contributed by atoms with van der Waals surface area (Å²) in [5.74, 6) is 0.904. The number of aryl methyl sites for hydroxylation is 1. The number of anilines is 2. The van der Waals surface area contributed by atoms with Gasteiger partial charge in [-0.3, -0.25) is 0 Å². The fraction of sp³-hybridized carbons (Fsp3) is 0.231. The molecule has 0 bridgehead atoms. The summed E-state index contributed by atoms with van der Waals surface area (Å²) in [6, 6.07) is 9.90. The van der Waals surface area contributed by atoms with Crippen LogP contribution in [-0.4, -0.2) is 0 Å². The van der Waals surface area contributed by atoms with E-state index in [-0.39, 0.29) is 6.04 Å². The average molecular weight is 216 g/mol. The maximum atomic E-state index is 5.99. The summed E-state index contributed by atoms with van der Waals surface area (Å²) < 4.78 is 5.33. The van der Waals surface area contributed by atoms with Gasteiger partial charge in [0.05, 0.1) is 23.7 Å². The predicted octanol–water partition coefficient (Wildman–Crippen LogP) is 3.34. The van der Waals surface area contributed by atoms with E-state index >= 15 is 0 Å². The molecule has 0 amide bonds. The number of hydrogen-bond donors (Lipinski definition) is 2. The second kappa shape index (κ2) is 4.31. The van der Waals surface area contributed by atoms with E-state index in [1.165, 1.54) is 0 Å². The van der Waals surface area contributed by atoms with Crippen LogP contribution >= 0.6 is 0 Å².